The van der Waals surface area contributed by atoms with Crippen LogP contribution in [-0.2, 0) is 30.4 Å². The number of aliphatic hydroxyl groups excluding tert-OH is 1. The molecule has 1 rings (SSSR count). The molecule has 0 heterocycles. The van der Waals surface area contributed by atoms with Crippen molar-refractivity contribution in [3.05, 3.63) is 29.8 Å². The number of guanidine groups is 1. The average molecular weight is 553 g/mol. The summed E-state index contributed by atoms with van der Waals surface area (Å²) in [6.07, 6.45) is -0.127. The van der Waals surface area contributed by atoms with Crippen LogP contribution in [0.25, 0.3) is 0 Å². The Morgan fingerprint density at radius 3 is 1.95 bits per heavy atom. The van der Waals surface area contributed by atoms with Gasteiger partial charge in [-0.05, 0) is 37.0 Å². The number of carboxylic acid groups (broad SMARTS) is 1. The molecule has 0 aromatic heterocycles. The van der Waals surface area contributed by atoms with Crippen molar-refractivity contribution in [2.24, 2.45) is 27.9 Å². The smallest absolute Gasteiger partial charge is 0.326 e. The summed E-state index contributed by atoms with van der Waals surface area (Å²) in [6.45, 7) is -0.670. The molecule has 0 saturated carbocycles. The molecular formula is C23H36N8O8. The molecule has 0 spiro atoms. The van der Waals surface area contributed by atoms with E-state index in [0.29, 0.717) is 12.0 Å². The van der Waals surface area contributed by atoms with Crippen LogP contribution in [0, 0.1) is 0 Å². The maximum Gasteiger partial charge on any atom is 0.326 e. The van der Waals surface area contributed by atoms with Gasteiger partial charge in [0.25, 0.3) is 0 Å². The number of aliphatic carboxylic acids is 1. The van der Waals surface area contributed by atoms with Crippen molar-refractivity contribution in [3.8, 4) is 5.75 Å². The summed E-state index contributed by atoms with van der Waals surface area (Å²) in [5.41, 5.74) is 22.0. The van der Waals surface area contributed by atoms with Crippen LogP contribution in [0.15, 0.2) is 29.3 Å². The number of primary amides is 1. The lowest BCUT2D eigenvalue weighted by atomic mass is 10.0. The topological polar surface area (TPSA) is 299 Å². The van der Waals surface area contributed by atoms with Gasteiger partial charge in [0.05, 0.1) is 12.6 Å². The number of rotatable bonds is 17. The lowest BCUT2D eigenvalue weighted by Gasteiger charge is -2.24. The number of nitrogens with two attached hydrogens (primary N) is 4. The van der Waals surface area contributed by atoms with Crippen molar-refractivity contribution < 1.29 is 39.3 Å². The minimum Gasteiger partial charge on any atom is -0.508 e. The summed E-state index contributed by atoms with van der Waals surface area (Å²) in [4.78, 5) is 64.8. The summed E-state index contributed by atoms with van der Waals surface area (Å²) < 4.78 is 0. The number of carbonyl (C=O) groups is 5. The number of aromatic hydroxyl groups is 1. The number of benzene rings is 1. The number of nitrogens with zero attached hydrogens (tertiary/aromatic N) is 1. The molecule has 0 aliphatic carbocycles. The predicted molar refractivity (Wildman–Crippen MR) is 139 cm³/mol. The zero-order valence-electron chi connectivity index (χ0n) is 21.2. The van der Waals surface area contributed by atoms with Gasteiger partial charge in [0, 0.05) is 19.4 Å². The van der Waals surface area contributed by atoms with Crippen LogP contribution < -0.4 is 38.9 Å². The summed E-state index contributed by atoms with van der Waals surface area (Å²) in [6, 6.07) is 0.252. The van der Waals surface area contributed by atoms with Crippen molar-refractivity contribution >= 4 is 35.6 Å². The molecule has 216 valence electrons. The quantitative estimate of drug-likeness (QED) is 0.0506. The predicted octanol–water partition coefficient (Wildman–Crippen LogP) is -3.89. The molecule has 0 fully saturated rings. The third-order valence-electron chi connectivity index (χ3n) is 5.42. The minimum atomic E-state index is -1.58. The molecule has 0 bridgehead atoms. The Labute approximate surface area is 224 Å². The molecule has 14 N–H and O–H groups in total. The van der Waals surface area contributed by atoms with Crippen LogP contribution in [0.4, 0.5) is 0 Å². The number of carboxylic acids is 1. The van der Waals surface area contributed by atoms with E-state index in [1.165, 1.54) is 24.3 Å². The molecular weight excluding hydrogens is 516 g/mol. The van der Waals surface area contributed by atoms with Gasteiger partial charge in [-0.3, -0.25) is 24.2 Å². The van der Waals surface area contributed by atoms with Crippen molar-refractivity contribution in [1.82, 2.24) is 16.0 Å². The van der Waals surface area contributed by atoms with E-state index in [0.717, 1.165) is 0 Å². The molecule has 16 heteroatoms. The second kappa shape index (κ2) is 16.4. The zero-order chi connectivity index (χ0) is 29.5. The third kappa shape index (κ3) is 12.6. The minimum absolute atomic E-state index is 0.0254. The zero-order valence-corrected chi connectivity index (χ0v) is 21.2. The fourth-order valence-electron chi connectivity index (χ4n) is 3.29. The first-order chi connectivity index (χ1) is 18.3. The molecule has 1 aromatic rings. The van der Waals surface area contributed by atoms with Gasteiger partial charge in [0.15, 0.2) is 5.96 Å². The highest BCUT2D eigenvalue weighted by molar-refractivity contribution is 5.94. The second-order valence-corrected chi connectivity index (χ2v) is 8.64. The Hall–Kier alpha value is -4.44. The summed E-state index contributed by atoms with van der Waals surface area (Å²) in [7, 11) is 0. The van der Waals surface area contributed by atoms with Crippen LogP contribution >= 0.6 is 0 Å². The van der Waals surface area contributed by atoms with Crippen molar-refractivity contribution in [3.63, 3.8) is 0 Å². The van der Waals surface area contributed by atoms with Gasteiger partial charge in [0.2, 0.25) is 23.6 Å². The number of hydrogen-bond donors (Lipinski definition) is 10. The monoisotopic (exact) mass is 552 g/mol. The van der Waals surface area contributed by atoms with E-state index < -0.39 is 60.4 Å². The van der Waals surface area contributed by atoms with Crippen molar-refractivity contribution in [2.75, 3.05) is 13.2 Å². The van der Waals surface area contributed by atoms with Crippen LogP contribution in [0.3, 0.4) is 0 Å². The number of hydrogen-bond acceptors (Lipinski definition) is 9. The van der Waals surface area contributed by atoms with Gasteiger partial charge >= 0.3 is 5.97 Å². The molecule has 4 unspecified atom stereocenters. The molecule has 39 heavy (non-hydrogen) atoms. The number of amides is 4. The number of phenols is 1. The SMILES string of the molecule is NC(=O)CCC(NC(=O)C(N)CCCN=C(N)N)C(=O)NC(CO)C(=O)NC(Cc1ccc(O)cc1)C(=O)O. The number of aliphatic hydroxyl groups is 1. The molecule has 0 aliphatic heterocycles. The van der Waals surface area contributed by atoms with Gasteiger partial charge in [-0.2, -0.15) is 0 Å². The normalized spacial score (nSPS) is 13.7. The van der Waals surface area contributed by atoms with Gasteiger partial charge in [-0.1, -0.05) is 12.1 Å². The van der Waals surface area contributed by atoms with Gasteiger partial charge < -0.3 is 54.2 Å². The fourth-order valence-corrected chi connectivity index (χ4v) is 3.29. The average Bonchev–Trinajstić information content (AvgIpc) is 2.87. The highest BCUT2D eigenvalue weighted by Crippen LogP contribution is 2.11. The Morgan fingerprint density at radius 1 is 0.846 bits per heavy atom. The first-order valence-electron chi connectivity index (χ1n) is 12.0. The van der Waals surface area contributed by atoms with E-state index in [-0.39, 0.29) is 43.9 Å². The fraction of sp³-hybridized carbons (Fsp3) is 0.478. The van der Waals surface area contributed by atoms with Gasteiger partial charge in [-0.25, -0.2) is 4.79 Å². The van der Waals surface area contributed by atoms with E-state index >= 15 is 0 Å². The first kappa shape index (κ1) is 32.6. The first-order valence-corrected chi connectivity index (χ1v) is 12.0. The number of aliphatic imine (C=N–C) groups is 1. The largest absolute Gasteiger partial charge is 0.508 e. The summed E-state index contributed by atoms with van der Waals surface area (Å²) in [5.74, 6) is -4.94. The Balaban J connectivity index is 2.86. The van der Waals surface area contributed by atoms with Gasteiger partial charge in [-0.15, -0.1) is 0 Å². The Bertz CT molecular complexity index is 1030. The van der Waals surface area contributed by atoms with Crippen LogP contribution in [0.1, 0.15) is 31.2 Å². The second-order valence-electron chi connectivity index (χ2n) is 8.64. The van der Waals surface area contributed by atoms with E-state index in [4.69, 9.17) is 22.9 Å². The van der Waals surface area contributed by atoms with Crippen molar-refractivity contribution in [1.29, 1.82) is 0 Å². The Kier molecular flexibility index (Phi) is 13.7. The molecule has 0 radical (unpaired) electrons. The van der Waals surface area contributed by atoms with E-state index in [2.05, 4.69) is 20.9 Å². The lowest BCUT2D eigenvalue weighted by molar-refractivity contribution is -0.142. The van der Waals surface area contributed by atoms with E-state index in [1.54, 1.807) is 0 Å². The molecule has 0 aliphatic rings. The molecule has 4 atom stereocenters. The number of carbonyl (C=O) groups excluding carboxylic acids is 4. The van der Waals surface area contributed by atoms with Crippen LogP contribution in [0.5, 0.6) is 5.75 Å². The summed E-state index contributed by atoms with van der Waals surface area (Å²) in [5, 5.41) is 35.4. The third-order valence-corrected chi connectivity index (χ3v) is 5.42. The van der Waals surface area contributed by atoms with E-state index in [9.17, 15) is 39.3 Å². The van der Waals surface area contributed by atoms with Crippen LogP contribution in [-0.4, -0.2) is 88.2 Å². The molecule has 16 nitrogen and oxygen atoms in total. The maximum absolute atomic E-state index is 12.9. The maximum atomic E-state index is 12.9. The molecule has 4 amide bonds. The highest BCUT2D eigenvalue weighted by atomic mass is 16.4. The standard InChI is InChI=1S/C23H36N8O8/c24-14(2-1-9-28-23(26)27)19(35)29-15(7-8-18(25)34)20(36)31-17(11-32)21(37)30-16(22(38)39)10-12-3-5-13(33)6-4-12/h3-6,14-17,32-33H,1-2,7-11,24H2,(H2,25,34)(H,29,35)(H,30,37)(H,31,36)(H,38,39)(H4,26,27,28). The summed E-state index contributed by atoms with van der Waals surface area (Å²) >= 11 is 0. The molecule has 1 aromatic carbocycles. The highest BCUT2D eigenvalue weighted by Gasteiger charge is 2.30. The lowest BCUT2D eigenvalue weighted by Crippen LogP contribution is -2.58. The molecule has 0 saturated heterocycles. The Morgan fingerprint density at radius 2 is 1.41 bits per heavy atom. The van der Waals surface area contributed by atoms with E-state index in [1.807, 2.05) is 0 Å². The van der Waals surface area contributed by atoms with Crippen LogP contribution in [0.2, 0.25) is 0 Å². The van der Waals surface area contributed by atoms with Gasteiger partial charge in [0.1, 0.15) is 23.9 Å². The van der Waals surface area contributed by atoms with Crippen molar-refractivity contribution in [2.45, 2.75) is 56.3 Å². The number of phenolic OH excluding ortho intramolecular Hbond substituents is 1. The number of nitrogens with one attached hydrogen (secondary N) is 3.